The zero-order chi connectivity index (χ0) is 18.9. The van der Waals surface area contributed by atoms with E-state index >= 15 is 0 Å². The normalized spacial score (nSPS) is 16.4. The lowest BCUT2D eigenvalue weighted by molar-refractivity contribution is 0.607. The quantitative estimate of drug-likeness (QED) is 0.377. The van der Waals surface area contributed by atoms with Crippen LogP contribution in [0.1, 0.15) is 74.5 Å². The lowest BCUT2D eigenvalue weighted by atomic mass is 9.84. The van der Waals surface area contributed by atoms with Crippen LogP contribution in [0.15, 0.2) is 60.2 Å². The first-order valence-electron chi connectivity index (χ1n) is 10.3. The van der Waals surface area contributed by atoms with Gasteiger partial charge in [-0.3, -0.25) is 0 Å². The first-order valence-corrected chi connectivity index (χ1v) is 10.3. The molecule has 3 rings (SSSR count). The van der Waals surface area contributed by atoms with Gasteiger partial charge in [0.1, 0.15) is 5.82 Å². The molecule has 0 fully saturated rings. The minimum Gasteiger partial charge on any atom is -0.207 e. The molecule has 1 unspecified atom stereocenters. The summed E-state index contributed by atoms with van der Waals surface area (Å²) in [6.07, 6.45) is 12.0. The average Bonchev–Trinajstić information content (AvgIpc) is 2.72. The third kappa shape index (κ3) is 6.10. The Bertz CT molecular complexity index is 800. The van der Waals surface area contributed by atoms with Gasteiger partial charge in [0.15, 0.2) is 0 Å². The van der Waals surface area contributed by atoms with Gasteiger partial charge in [-0.25, -0.2) is 4.39 Å². The summed E-state index contributed by atoms with van der Waals surface area (Å²) in [5.74, 6) is 6.80. The molecule has 1 aliphatic carbocycles. The maximum Gasteiger partial charge on any atom is 0.123 e. The van der Waals surface area contributed by atoms with Crippen LogP contribution in [0.5, 0.6) is 0 Å². The van der Waals surface area contributed by atoms with Crippen molar-refractivity contribution >= 4 is 0 Å². The molecule has 27 heavy (non-hydrogen) atoms. The monoisotopic (exact) mass is 360 g/mol. The maximum atomic E-state index is 12.9. The van der Waals surface area contributed by atoms with Crippen LogP contribution >= 0.6 is 0 Å². The van der Waals surface area contributed by atoms with Gasteiger partial charge in [-0.2, -0.15) is 0 Å². The summed E-state index contributed by atoms with van der Waals surface area (Å²) in [6, 6.07) is 15.7. The molecule has 0 spiro atoms. The summed E-state index contributed by atoms with van der Waals surface area (Å²) < 4.78 is 12.9. The zero-order valence-electron chi connectivity index (χ0n) is 16.3. The molecule has 0 nitrogen and oxygen atoms in total. The number of aryl methyl sites for hydroxylation is 1. The van der Waals surface area contributed by atoms with Crippen LogP contribution in [-0.4, -0.2) is 0 Å². The fourth-order valence-electron chi connectivity index (χ4n) is 3.65. The van der Waals surface area contributed by atoms with Gasteiger partial charge in [0.05, 0.1) is 0 Å². The summed E-state index contributed by atoms with van der Waals surface area (Å²) in [4.78, 5) is 0. The fraction of sp³-hybridized carbons (Fsp3) is 0.385. The van der Waals surface area contributed by atoms with Crippen molar-refractivity contribution in [2.75, 3.05) is 0 Å². The summed E-state index contributed by atoms with van der Waals surface area (Å²) >= 11 is 0. The largest absolute Gasteiger partial charge is 0.207 e. The number of benzene rings is 2. The number of rotatable bonds is 6. The van der Waals surface area contributed by atoms with Crippen molar-refractivity contribution in [2.24, 2.45) is 0 Å². The Balaban J connectivity index is 1.53. The number of hydrogen-bond acceptors (Lipinski definition) is 0. The van der Waals surface area contributed by atoms with E-state index in [1.165, 1.54) is 60.9 Å². The van der Waals surface area contributed by atoms with E-state index in [-0.39, 0.29) is 5.82 Å². The second kappa shape index (κ2) is 10.1. The van der Waals surface area contributed by atoms with E-state index in [2.05, 4.69) is 49.1 Å². The highest BCUT2D eigenvalue weighted by Crippen LogP contribution is 2.32. The predicted octanol–water partition coefficient (Wildman–Crippen LogP) is 7.19. The predicted molar refractivity (Wildman–Crippen MR) is 112 cm³/mol. The molecule has 0 saturated heterocycles. The van der Waals surface area contributed by atoms with E-state index in [0.29, 0.717) is 5.92 Å². The Morgan fingerprint density at radius 1 is 0.926 bits per heavy atom. The van der Waals surface area contributed by atoms with E-state index < -0.39 is 0 Å². The van der Waals surface area contributed by atoms with Gasteiger partial charge < -0.3 is 0 Å². The van der Waals surface area contributed by atoms with Crippen LogP contribution in [0, 0.1) is 17.7 Å². The Kier molecular flexibility index (Phi) is 7.28. The molecule has 0 heterocycles. The number of unbranched alkanes of at least 4 members (excludes halogenated alkanes) is 3. The van der Waals surface area contributed by atoms with Crippen molar-refractivity contribution in [2.45, 2.75) is 64.2 Å². The van der Waals surface area contributed by atoms with Crippen molar-refractivity contribution < 1.29 is 4.39 Å². The molecule has 0 radical (unpaired) electrons. The van der Waals surface area contributed by atoms with Gasteiger partial charge in [-0.1, -0.05) is 68.4 Å². The highest BCUT2D eigenvalue weighted by Gasteiger charge is 2.15. The molecule has 0 aromatic heterocycles. The minimum atomic E-state index is -0.216. The highest BCUT2D eigenvalue weighted by molar-refractivity contribution is 5.41. The summed E-state index contributed by atoms with van der Waals surface area (Å²) in [5, 5.41) is 0. The first kappa shape index (κ1) is 19.4. The molecule has 1 atom stereocenters. The van der Waals surface area contributed by atoms with E-state index in [1.54, 1.807) is 12.1 Å². The summed E-state index contributed by atoms with van der Waals surface area (Å²) in [7, 11) is 0. The van der Waals surface area contributed by atoms with Crippen LogP contribution in [0.3, 0.4) is 0 Å². The summed E-state index contributed by atoms with van der Waals surface area (Å²) in [6.45, 7) is 2.26. The molecular formula is C26H29F. The van der Waals surface area contributed by atoms with E-state index in [0.717, 1.165) is 24.8 Å². The third-order valence-corrected chi connectivity index (χ3v) is 5.39. The number of halogens is 1. The van der Waals surface area contributed by atoms with Crippen molar-refractivity contribution in [3.05, 3.63) is 82.7 Å². The molecule has 0 aliphatic heterocycles. The van der Waals surface area contributed by atoms with Crippen molar-refractivity contribution in [3.63, 3.8) is 0 Å². The van der Waals surface area contributed by atoms with Crippen LogP contribution in [0.25, 0.3) is 0 Å². The lowest BCUT2D eigenvalue weighted by Crippen LogP contribution is -2.04. The van der Waals surface area contributed by atoms with Crippen LogP contribution in [-0.2, 0) is 6.42 Å². The lowest BCUT2D eigenvalue weighted by Gasteiger charge is -2.20. The first-order chi connectivity index (χ1) is 13.2. The van der Waals surface area contributed by atoms with Crippen molar-refractivity contribution in [1.29, 1.82) is 0 Å². The van der Waals surface area contributed by atoms with Gasteiger partial charge in [0.2, 0.25) is 0 Å². The van der Waals surface area contributed by atoms with Crippen molar-refractivity contribution in [1.82, 2.24) is 0 Å². The Morgan fingerprint density at radius 2 is 1.70 bits per heavy atom. The molecular weight excluding hydrogens is 331 g/mol. The number of allylic oxidation sites excluding steroid dienone is 2. The fourth-order valence-corrected chi connectivity index (χ4v) is 3.65. The van der Waals surface area contributed by atoms with Gasteiger partial charge in [0.25, 0.3) is 0 Å². The van der Waals surface area contributed by atoms with Crippen LogP contribution in [0.2, 0.25) is 0 Å². The molecule has 1 aliphatic rings. The molecule has 0 saturated carbocycles. The van der Waals surface area contributed by atoms with Gasteiger partial charge in [-0.05, 0) is 79.0 Å². The van der Waals surface area contributed by atoms with Gasteiger partial charge in [-0.15, -0.1) is 0 Å². The Morgan fingerprint density at radius 3 is 2.37 bits per heavy atom. The smallest absolute Gasteiger partial charge is 0.123 e. The highest BCUT2D eigenvalue weighted by atomic mass is 19.1. The second-order valence-electron chi connectivity index (χ2n) is 7.51. The standard InChI is InChI=1S/C26H29F/c1-2-3-4-5-6-21-9-15-24(16-10-21)25-17-11-22(12-18-25)7-8-23-13-19-26(27)20-14-23/h9-11,13-16,19-20,25H,2-6,12,17-18H2,1H3. The van der Waals surface area contributed by atoms with Gasteiger partial charge in [0, 0.05) is 5.56 Å². The molecule has 140 valence electrons. The van der Waals surface area contributed by atoms with Gasteiger partial charge >= 0.3 is 0 Å². The van der Waals surface area contributed by atoms with Crippen LogP contribution < -0.4 is 0 Å². The average molecular weight is 361 g/mol. The third-order valence-electron chi connectivity index (χ3n) is 5.39. The number of hydrogen-bond donors (Lipinski definition) is 0. The Labute approximate surface area is 163 Å². The SMILES string of the molecule is CCCCCCc1ccc(C2CC=C(C#Cc3ccc(F)cc3)CC2)cc1. The zero-order valence-corrected chi connectivity index (χ0v) is 16.3. The van der Waals surface area contributed by atoms with E-state index in [1.807, 2.05) is 0 Å². The topological polar surface area (TPSA) is 0 Å². The molecule has 0 N–H and O–H groups in total. The van der Waals surface area contributed by atoms with E-state index in [4.69, 9.17) is 0 Å². The molecule has 0 amide bonds. The minimum absolute atomic E-state index is 0.216. The molecule has 1 heteroatoms. The van der Waals surface area contributed by atoms with Crippen molar-refractivity contribution in [3.8, 4) is 11.8 Å². The molecule has 2 aromatic carbocycles. The second-order valence-corrected chi connectivity index (χ2v) is 7.51. The summed E-state index contributed by atoms with van der Waals surface area (Å²) in [5.41, 5.74) is 5.00. The van der Waals surface area contributed by atoms with E-state index in [9.17, 15) is 4.39 Å². The molecule has 0 bridgehead atoms. The van der Waals surface area contributed by atoms with Crippen LogP contribution in [0.4, 0.5) is 4.39 Å². The Hall–Kier alpha value is -2.33. The molecule has 2 aromatic rings. The maximum absolute atomic E-state index is 12.9.